The van der Waals surface area contributed by atoms with Gasteiger partial charge in [-0.15, -0.1) is 0 Å². The average molecular weight is 621 g/mol. The highest BCUT2D eigenvalue weighted by Gasteiger charge is 2.38. The molecule has 18 heteroatoms. The van der Waals surface area contributed by atoms with E-state index in [4.69, 9.17) is 19.8 Å². The van der Waals surface area contributed by atoms with Gasteiger partial charge in [-0.2, -0.15) is 26.3 Å². The smallest absolute Gasteiger partial charge is 0.475 e. The number of H-pyrrole nitrogens is 1. The average Bonchev–Trinajstić information content (AvgIpc) is 3.34. The first-order chi connectivity index (χ1) is 19.9. The van der Waals surface area contributed by atoms with Crippen LogP contribution in [0.5, 0.6) is 0 Å². The molecule has 10 nitrogen and oxygen atoms in total. The Labute approximate surface area is 235 Å². The fourth-order valence-corrected chi connectivity index (χ4v) is 3.15. The molecule has 4 N–H and O–H groups in total. The number of benzene rings is 1. The van der Waals surface area contributed by atoms with Crippen LogP contribution in [0, 0.1) is 11.6 Å². The number of carbonyl (C=O) groups is 3. The third kappa shape index (κ3) is 10.6. The summed E-state index contributed by atoms with van der Waals surface area (Å²) < 4.78 is 90.3. The van der Waals surface area contributed by atoms with Gasteiger partial charge in [0.2, 0.25) is 5.91 Å². The molecule has 0 aliphatic rings. The number of imidazole rings is 1. The van der Waals surface area contributed by atoms with E-state index in [2.05, 4.69) is 25.3 Å². The number of aliphatic carboxylic acids is 2. The van der Waals surface area contributed by atoms with Crippen LogP contribution in [0.4, 0.5) is 35.1 Å². The summed E-state index contributed by atoms with van der Waals surface area (Å²) in [6, 6.07) is 8.79. The molecule has 0 bridgehead atoms. The monoisotopic (exact) mass is 621 g/mol. The van der Waals surface area contributed by atoms with E-state index in [1.54, 1.807) is 18.6 Å². The molecule has 4 aromatic rings. The molecule has 43 heavy (non-hydrogen) atoms. The van der Waals surface area contributed by atoms with Crippen LogP contribution in [0.15, 0.2) is 55.0 Å². The molecule has 1 amide bonds. The molecule has 0 unspecified atom stereocenters. The number of halogens is 8. The van der Waals surface area contributed by atoms with Crippen molar-refractivity contribution in [3.8, 4) is 11.1 Å². The van der Waals surface area contributed by atoms with E-state index in [0.29, 0.717) is 22.6 Å². The Balaban J connectivity index is 0.000000384. The summed E-state index contributed by atoms with van der Waals surface area (Å²) in [6.45, 7) is 1.39. The van der Waals surface area contributed by atoms with E-state index in [1.165, 1.54) is 13.0 Å². The predicted molar refractivity (Wildman–Crippen MR) is 131 cm³/mol. The SMILES string of the molecule is CC(=O)N[C@@H](Cc1ccc(F)c(F)c1)c1nc2ncc(-c3ccncc3)cc2[nH]1.O=C(O)C(F)(F)F.O=C(O)C(F)(F)F. The number of alkyl halides is 6. The first kappa shape index (κ1) is 34.0. The van der Waals surface area contributed by atoms with Crippen LogP contribution in [0.25, 0.3) is 22.3 Å². The number of pyridine rings is 2. The number of aromatic nitrogens is 4. The number of carbonyl (C=O) groups excluding carboxylic acids is 1. The van der Waals surface area contributed by atoms with E-state index in [9.17, 15) is 39.9 Å². The minimum Gasteiger partial charge on any atom is -0.475 e. The Morgan fingerprint density at radius 1 is 0.884 bits per heavy atom. The predicted octanol–water partition coefficient (Wildman–Crippen LogP) is 4.98. The summed E-state index contributed by atoms with van der Waals surface area (Å²) in [4.78, 5) is 45.5. The molecule has 1 atom stereocenters. The zero-order valence-electron chi connectivity index (χ0n) is 21.5. The lowest BCUT2D eigenvalue weighted by molar-refractivity contribution is -0.193. The number of nitrogens with one attached hydrogen (secondary N) is 2. The standard InChI is InChI=1S/C21H17F2N5O.2C2HF3O2/c1-12(29)26-18(9-13-2-3-16(22)17(23)8-13)21-27-19-10-15(11-25-20(19)28-21)14-4-6-24-7-5-14;2*3-2(4,5)1(6)7/h2-8,10-11,18H,9H2,1H3,(H,26,29)(H,25,27,28);2*(H,6,7)/t18-;;/m0../s1. The van der Waals surface area contributed by atoms with Gasteiger partial charge in [-0.3, -0.25) is 9.78 Å². The molecule has 4 rings (SSSR count). The van der Waals surface area contributed by atoms with Crippen molar-refractivity contribution in [2.45, 2.75) is 31.7 Å². The zero-order chi connectivity index (χ0) is 32.5. The molecule has 3 aromatic heterocycles. The highest BCUT2D eigenvalue weighted by molar-refractivity contribution is 5.78. The topological polar surface area (TPSA) is 158 Å². The van der Waals surface area contributed by atoms with Gasteiger partial charge in [0, 0.05) is 31.1 Å². The fourth-order valence-electron chi connectivity index (χ4n) is 3.15. The van der Waals surface area contributed by atoms with Gasteiger partial charge in [0.05, 0.1) is 11.6 Å². The number of aromatic amines is 1. The van der Waals surface area contributed by atoms with Crippen molar-refractivity contribution in [2.75, 3.05) is 0 Å². The number of fused-ring (bicyclic) bond motifs is 1. The van der Waals surface area contributed by atoms with Crippen molar-refractivity contribution in [3.63, 3.8) is 0 Å². The van der Waals surface area contributed by atoms with Gasteiger partial charge in [0.25, 0.3) is 0 Å². The summed E-state index contributed by atoms with van der Waals surface area (Å²) in [5.74, 6) is -7.14. The molecular formula is C25H19F8N5O5. The molecule has 0 saturated heterocycles. The Morgan fingerprint density at radius 2 is 1.44 bits per heavy atom. The van der Waals surface area contributed by atoms with Crippen LogP contribution in [-0.4, -0.2) is 60.3 Å². The molecule has 230 valence electrons. The molecule has 0 radical (unpaired) electrons. The van der Waals surface area contributed by atoms with Crippen LogP contribution in [0.1, 0.15) is 24.4 Å². The zero-order valence-corrected chi connectivity index (χ0v) is 21.5. The lowest BCUT2D eigenvalue weighted by Crippen LogP contribution is -2.28. The Morgan fingerprint density at radius 3 is 1.93 bits per heavy atom. The number of nitrogens with zero attached hydrogens (tertiary/aromatic N) is 3. The van der Waals surface area contributed by atoms with Crippen molar-refractivity contribution in [3.05, 3.63) is 78.0 Å². The van der Waals surface area contributed by atoms with Gasteiger partial charge in [-0.05, 0) is 47.9 Å². The number of rotatable bonds is 5. The number of hydrogen-bond donors (Lipinski definition) is 4. The summed E-state index contributed by atoms with van der Waals surface area (Å²) in [6.07, 6.45) is -4.81. The number of hydrogen-bond acceptors (Lipinski definition) is 6. The minimum atomic E-state index is -5.08. The van der Waals surface area contributed by atoms with E-state index in [0.717, 1.165) is 23.3 Å². The first-order valence-electron chi connectivity index (χ1n) is 11.5. The summed E-state index contributed by atoms with van der Waals surface area (Å²) in [5, 5.41) is 17.1. The second-order valence-corrected chi connectivity index (χ2v) is 8.26. The normalized spacial score (nSPS) is 11.8. The van der Waals surface area contributed by atoms with Crippen LogP contribution < -0.4 is 5.32 Å². The largest absolute Gasteiger partial charge is 0.490 e. The van der Waals surface area contributed by atoms with Gasteiger partial charge in [0.15, 0.2) is 17.3 Å². The third-order valence-electron chi connectivity index (χ3n) is 4.99. The molecular weight excluding hydrogens is 602 g/mol. The number of carboxylic acid groups (broad SMARTS) is 2. The molecule has 0 saturated carbocycles. The van der Waals surface area contributed by atoms with Crippen molar-refractivity contribution in [1.82, 2.24) is 25.3 Å². The van der Waals surface area contributed by atoms with Gasteiger partial charge in [0.1, 0.15) is 5.82 Å². The third-order valence-corrected chi connectivity index (χ3v) is 4.99. The molecule has 0 fully saturated rings. The maximum Gasteiger partial charge on any atom is 0.490 e. The van der Waals surface area contributed by atoms with Crippen LogP contribution in [0.3, 0.4) is 0 Å². The molecule has 3 heterocycles. The fraction of sp³-hybridized carbons (Fsp3) is 0.200. The van der Waals surface area contributed by atoms with Gasteiger partial charge >= 0.3 is 24.3 Å². The van der Waals surface area contributed by atoms with Gasteiger partial charge in [-0.1, -0.05) is 6.07 Å². The van der Waals surface area contributed by atoms with E-state index >= 15 is 0 Å². The maximum absolute atomic E-state index is 13.6. The van der Waals surface area contributed by atoms with E-state index in [-0.39, 0.29) is 12.3 Å². The lowest BCUT2D eigenvalue weighted by atomic mass is 10.0. The molecule has 0 aliphatic heterocycles. The molecule has 0 spiro atoms. The number of carboxylic acids is 2. The second-order valence-electron chi connectivity index (χ2n) is 8.26. The Hall–Kier alpha value is -5.16. The first-order valence-corrected chi connectivity index (χ1v) is 11.5. The van der Waals surface area contributed by atoms with Gasteiger partial charge < -0.3 is 20.5 Å². The minimum absolute atomic E-state index is 0.244. The second kappa shape index (κ2) is 14.1. The summed E-state index contributed by atoms with van der Waals surface area (Å²) in [7, 11) is 0. The van der Waals surface area contributed by atoms with Gasteiger partial charge in [-0.25, -0.2) is 28.3 Å². The van der Waals surface area contributed by atoms with Crippen LogP contribution >= 0.6 is 0 Å². The highest BCUT2D eigenvalue weighted by Crippen LogP contribution is 2.24. The maximum atomic E-state index is 13.6. The quantitative estimate of drug-likeness (QED) is 0.227. The van der Waals surface area contributed by atoms with Crippen molar-refractivity contribution < 1.29 is 59.7 Å². The summed E-state index contributed by atoms with van der Waals surface area (Å²) in [5.41, 5.74) is 3.60. The Bertz CT molecular complexity index is 1550. The van der Waals surface area contributed by atoms with Crippen LogP contribution in [-0.2, 0) is 20.8 Å². The van der Waals surface area contributed by atoms with Crippen LogP contribution in [0.2, 0.25) is 0 Å². The van der Waals surface area contributed by atoms with Crippen molar-refractivity contribution in [1.29, 1.82) is 0 Å². The van der Waals surface area contributed by atoms with Crippen molar-refractivity contribution in [2.24, 2.45) is 0 Å². The van der Waals surface area contributed by atoms with E-state index in [1.807, 2.05) is 18.2 Å². The summed E-state index contributed by atoms with van der Waals surface area (Å²) >= 11 is 0. The molecule has 0 aliphatic carbocycles. The molecule has 1 aromatic carbocycles. The van der Waals surface area contributed by atoms with Crippen molar-refractivity contribution >= 4 is 29.0 Å². The lowest BCUT2D eigenvalue weighted by Gasteiger charge is -2.15. The Kier molecular flexibility index (Phi) is 11.2. The number of amides is 1. The van der Waals surface area contributed by atoms with E-state index < -0.39 is 42.0 Å². The highest BCUT2D eigenvalue weighted by atomic mass is 19.4.